The predicted octanol–water partition coefficient (Wildman–Crippen LogP) is 16.3. The van der Waals surface area contributed by atoms with Crippen LogP contribution in [0.2, 0.25) is 0 Å². The molecule has 0 bridgehead atoms. The SMILES string of the molecule is [2H]c1c([2H])c([2H])c(N(c2ccc(-c3cccc(-c4cccc5ccccc45)c3)cc2)c2c([2H])c([2H])c(-c3ccc(-c4ccccc4)c(-c4ccccc4)c3)c([2H])c2[2H])c(-c2ccccc2)c1[2H]. The molecule has 0 saturated heterocycles. The van der Waals surface area contributed by atoms with Crippen molar-refractivity contribution in [1.29, 1.82) is 0 Å². The van der Waals surface area contributed by atoms with E-state index in [0.29, 0.717) is 16.8 Å². The minimum absolute atomic E-state index is 0.00460. The number of rotatable bonds is 9. The van der Waals surface area contributed by atoms with Crippen molar-refractivity contribution in [3.05, 3.63) is 249 Å². The van der Waals surface area contributed by atoms with Gasteiger partial charge in [-0.1, -0.05) is 206 Å². The van der Waals surface area contributed by atoms with Gasteiger partial charge < -0.3 is 4.90 Å². The van der Waals surface area contributed by atoms with Crippen LogP contribution in [0.4, 0.5) is 17.1 Å². The smallest absolute Gasteiger partial charge is 0.0645 e. The van der Waals surface area contributed by atoms with E-state index >= 15 is 0 Å². The molecule has 0 aromatic heterocycles. The summed E-state index contributed by atoms with van der Waals surface area (Å²) in [7, 11) is 0. The lowest BCUT2D eigenvalue weighted by atomic mass is 9.91. The zero-order valence-electron chi connectivity index (χ0n) is 40.0. The first kappa shape index (κ1) is 27.8. The van der Waals surface area contributed by atoms with Crippen molar-refractivity contribution < 1.29 is 11.0 Å². The summed E-state index contributed by atoms with van der Waals surface area (Å²) in [6.07, 6.45) is 0. The molecule has 0 unspecified atom stereocenters. The van der Waals surface area contributed by atoms with Crippen molar-refractivity contribution in [2.45, 2.75) is 0 Å². The summed E-state index contributed by atoms with van der Waals surface area (Å²) < 4.78 is 75.1. The summed E-state index contributed by atoms with van der Waals surface area (Å²) >= 11 is 0. The number of nitrogens with zero attached hydrogens (tertiary/aromatic N) is 1. The summed E-state index contributed by atoms with van der Waals surface area (Å²) in [4.78, 5) is 1.47. The topological polar surface area (TPSA) is 3.24 Å². The summed E-state index contributed by atoms with van der Waals surface area (Å²) in [5.74, 6) is 0. The maximum Gasteiger partial charge on any atom is 0.0645 e. The minimum atomic E-state index is -0.495. The molecule has 0 atom stereocenters. The molecule has 1 nitrogen and oxygen atoms in total. The van der Waals surface area contributed by atoms with E-state index in [0.717, 1.165) is 55.3 Å². The third-order valence-electron chi connectivity index (χ3n) is 10.7. The second-order valence-corrected chi connectivity index (χ2v) is 14.3. The second kappa shape index (κ2) is 16.0. The lowest BCUT2D eigenvalue weighted by molar-refractivity contribution is 1.28. The Hall–Kier alpha value is -7.74. The summed E-state index contributed by atoms with van der Waals surface area (Å²) in [6.45, 7) is 0. The Morgan fingerprint density at radius 3 is 1.56 bits per heavy atom. The highest BCUT2D eigenvalue weighted by Gasteiger charge is 2.18. The van der Waals surface area contributed by atoms with Crippen molar-refractivity contribution in [1.82, 2.24) is 0 Å². The lowest BCUT2D eigenvalue weighted by Crippen LogP contribution is -2.11. The molecule has 10 aromatic rings. The molecule has 1 heteroatoms. The fraction of sp³-hybridized carbons (Fsp3) is 0. The van der Waals surface area contributed by atoms with Crippen molar-refractivity contribution in [3.63, 3.8) is 0 Å². The fourth-order valence-electron chi connectivity index (χ4n) is 7.79. The average Bonchev–Trinajstić information content (AvgIpc) is 3.38. The van der Waals surface area contributed by atoms with Gasteiger partial charge >= 0.3 is 0 Å². The molecular weight excluding hydrogens is 711 g/mol. The van der Waals surface area contributed by atoms with Crippen molar-refractivity contribution in [2.75, 3.05) is 4.90 Å². The third kappa shape index (κ3) is 7.23. The standard InChI is InChI=1S/C58H41N/c1-4-16-44(17-5-1)55-39-34-49(41-57(55)47-20-8-3-9-21-47)43-32-37-52(38-33-43)59(58-29-13-12-27-56(58)46-18-6-2-7-19-46)51-35-30-42(31-36-51)48-24-14-25-50(40-48)54-28-15-23-45-22-10-11-26-53(45)54/h1-41H/i12D,13D,27D,29D,32D,33D,37D,38D. The molecule has 0 saturated carbocycles. The molecule has 0 aliphatic rings. The van der Waals surface area contributed by atoms with Crippen LogP contribution in [-0.2, 0) is 0 Å². The quantitative estimate of drug-likeness (QED) is 0.142. The van der Waals surface area contributed by atoms with Gasteiger partial charge in [-0.2, -0.15) is 0 Å². The Morgan fingerprint density at radius 2 is 0.831 bits per heavy atom. The Kier molecular flexibility index (Phi) is 7.54. The van der Waals surface area contributed by atoms with Gasteiger partial charge in [-0.3, -0.25) is 0 Å². The van der Waals surface area contributed by atoms with E-state index in [2.05, 4.69) is 42.5 Å². The monoisotopic (exact) mass is 759 g/mol. The molecule has 278 valence electrons. The zero-order valence-corrected chi connectivity index (χ0v) is 32.0. The maximum atomic E-state index is 9.76. The van der Waals surface area contributed by atoms with E-state index in [1.807, 2.05) is 121 Å². The highest BCUT2D eigenvalue weighted by molar-refractivity contribution is 5.97. The van der Waals surface area contributed by atoms with Crippen LogP contribution in [-0.4, -0.2) is 0 Å². The summed E-state index contributed by atoms with van der Waals surface area (Å²) in [5, 5.41) is 2.28. The van der Waals surface area contributed by atoms with Gasteiger partial charge in [-0.05, 0) is 114 Å². The number of fused-ring (bicyclic) bond motifs is 1. The minimum Gasteiger partial charge on any atom is -0.310 e. The molecule has 0 fully saturated rings. The molecule has 0 amide bonds. The molecule has 10 rings (SSSR count). The Morgan fingerprint density at radius 1 is 0.288 bits per heavy atom. The Balaban J connectivity index is 1.17. The zero-order chi connectivity index (χ0) is 46.3. The van der Waals surface area contributed by atoms with Crippen molar-refractivity contribution in [2.24, 2.45) is 0 Å². The van der Waals surface area contributed by atoms with Crippen molar-refractivity contribution >= 4 is 27.8 Å². The first-order valence-corrected chi connectivity index (χ1v) is 19.6. The summed E-state index contributed by atoms with van der Waals surface area (Å²) in [5.41, 5.74) is 9.15. The normalized spacial score (nSPS) is 12.9. The van der Waals surface area contributed by atoms with Crippen LogP contribution in [0.3, 0.4) is 0 Å². The number of hydrogen-bond donors (Lipinski definition) is 0. The fourth-order valence-corrected chi connectivity index (χ4v) is 7.79. The maximum absolute atomic E-state index is 9.76. The molecule has 0 radical (unpaired) electrons. The van der Waals surface area contributed by atoms with E-state index in [1.54, 1.807) is 36.4 Å². The third-order valence-corrected chi connectivity index (χ3v) is 10.7. The molecule has 10 aromatic carbocycles. The van der Waals surface area contributed by atoms with Crippen LogP contribution in [0.5, 0.6) is 0 Å². The van der Waals surface area contributed by atoms with Gasteiger partial charge in [-0.15, -0.1) is 0 Å². The van der Waals surface area contributed by atoms with Gasteiger partial charge in [0.05, 0.1) is 16.7 Å². The molecule has 0 aliphatic carbocycles. The summed E-state index contributed by atoms with van der Waals surface area (Å²) in [6, 6.07) is 61.6. The second-order valence-electron chi connectivity index (χ2n) is 14.3. The van der Waals surface area contributed by atoms with E-state index in [-0.39, 0.29) is 52.7 Å². The number of hydrogen-bond acceptors (Lipinski definition) is 1. The molecular formula is C58H41N. The van der Waals surface area contributed by atoms with E-state index in [9.17, 15) is 8.22 Å². The van der Waals surface area contributed by atoms with Crippen molar-refractivity contribution in [3.8, 4) is 66.8 Å². The van der Waals surface area contributed by atoms with Crippen LogP contribution < -0.4 is 4.90 Å². The van der Waals surface area contributed by atoms with Crippen LogP contribution in [0.1, 0.15) is 11.0 Å². The predicted molar refractivity (Wildman–Crippen MR) is 251 cm³/mol. The van der Waals surface area contributed by atoms with Gasteiger partial charge in [0.25, 0.3) is 0 Å². The highest BCUT2D eigenvalue weighted by Crippen LogP contribution is 2.43. The van der Waals surface area contributed by atoms with Crippen LogP contribution >= 0.6 is 0 Å². The van der Waals surface area contributed by atoms with Crippen LogP contribution in [0, 0.1) is 0 Å². The van der Waals surface area contributed by atoms with Gasteiger partial charge in [0.15, 0.2) is 0 Å². The number of benzene rings is 10. The van der Waals surface area contributed by atoms with Gasteiger partial charge in [-0.25, -0.2) is 0 Å². The van der Waals surface area contributed by atoms with E-state index < -0.39 is 18.1 Å². The Bertz CT molecular complexity index is 3450. The van der Waals surface area contributed by atoms with E-state index in [4.69, 9.17) is 2.74 Å². The molecule has 59 heavy (non-hydrogen) atoms. The number of para-hydroxylation sites is 1. The first-order chi connectivity index (χ1) is 32.6. The van der Waals surface area contributed by atoms with Crippen LogP contribution in [0.25, 0.3) is 77.5 Å². The highest BCUT2D eigenvalue weighted by atomic mass is 15.1. The molecule has 0 N–H and O–H groups in total. The first-order valence-electron chi connectivity index (χ1n) is 23.6. The van der Waals surface area contributed by atoms with Gasteiger partial charge in [0.2, 0.25) is 0 Å². The largest absolute Gasteiger partial charge is 0.310 e. The Labute approximate surface area is 358 Å². The number of anilines is 3. The van der Waals surface area contributed by atoms with Crippen LogP contribution in [0.15, 0.2) is 249 Å². The molecule has 0 heterocycles. The van der Waals surface area contributed by atoms with Gasteiger partial charge in [0, 0.05) is 16.9 Å². The van der Waals surface area contributed by atoms with Gasteiger partial charge in [0.1, 0.15) is 0 Å². The average molecular weight is 760 g/mol. The molecule has 0 aliphatic heterocycles. The lowest BCUT2D eigenvalue weighted by Gasteiger charge is -2.28. The molecule has 0 spiro atoms. The van der Waals surface area contributed by atoms with E-state index in [1.165, 1.54) is 4.90 Å².